The molecule has 0 aliphatic heterocycles. The van der Waals surface area contributed by atoms with Gasteiger partial charge in [0.15, 0.2) is 0 Å². The zero-order valence-corrected chi connectivity index (χ0v) is 16.4. The summed E-state index contributed by atoms with van der Waals surface area (Å²) in [5.74, 6) is -1.17. The van der Waals surface area contributed by atoms with Crippen molar-refractivity contribution in [2.45, 2.75) is 39.3 Å². The Balaban J connectivity index is 2.17. The summed E-state index contributed by atoms with van der Waals surface area (Å²) in [6.45, 7) is 10.9. The molecule has 4 heteroatoms. The van der Waals surface area contributed by atoms with Crippen LogP contribution in [0.15, 0.2) is 55.3 Å². The van der Waals surface area contributed by atoms with Gasteiger partial charge in [-0.05, 0) is 49.4 Å². The van der Waals surface area contributed by atoms with Gasteiger partial charge in [-0.3, -0.25) is 0 Å². The van der Waals surface area contributed by atoms with Gasteiger partial charge in [-0.1, -0.05) is 49.0 Å². The Hall–Kier alpha value is -2.14. The first-order valence-corrected chi connectivity index (χ1v) is 9.58. The summed E-state index contributed by atoms with van der Waals surface area (Å²) in [6, 6.07) is 14.7. The van der Waals surface area contributed by atoms with Gasteiger partial charge in [-0.15, -0.1) is 0 Å². The summed E-state index contributed by atoms with van der Waals surface area (Å²) in [5.41, 5.74) is 5.91. The van der Waals surface area contributed by atoms with Gasteiger partial charge >= 0.3 is 0 Å². The monoisotopic (exact) mass is 368 g/mol. The molecule has 0 saturated carbocycles. The highest BCUT2D eigenvalue weighted by molar-refractivity contribution is 5.78. The molecule has 0 amide bonds. The van der Waals surface area contributed by atoms with Crippen molar-refractivity contribution in [3.8, 4) is 11.1 Å². The maximum atomic E-state index is 6.23. The second-order valence-corrected chi connectivity index (χ2v) is 6.29. The highest BCUT2D eigenvalue weighted by Gasteiger charge is 2.47. The lowest BCUT2D eigenvalue weighted by molar-refractivity contribution is -0.350. The van der Waals surface area contributed by atoms with Gasteiger partial charge in [-0.25, -0.2) is 0 Å². The van der Waals surface area contributed by atoms with E-state index in [4.69, 9.17) is 18.9 Å². The lowest BCUT2D eigenvalue weighted by Gasteiger charge is -2.39. The van der Waals surface area contributed by atoms with Crippen molar-refractivity contribution < 1.29 is 18.9 Å². The molecule has 0 spiro atoms. The summed E-state index contributed by atoms with van der Waals surface area (Å²) < 4.78 is 24.1. The third kappa shape index (κ3) is 3.53. The van der Waals surface area contributed by atoms with E-state index in [2.05, 4.69) is 43.0 Å². The first-order chi connectivity index (χ1) is 13.2. The molecule has 1 aliphatic rings. The number of rotatable bonds is 10. The van der Waals surface area contributed by atoms with Gasteiger partial charge in [0.1, 0.15) is 0 Å². The van der Waals surface area contributed by atoms with Crippen molar-refractivity contribution in [3.05, 3.63) is 72.0 Å². The second-order valence-electron chi connectivity index (χ2n) is 6.29. The molecular formula is C23H28O4. The first-order valence-electron chi connectivity index (χ1n) is 9.58. The molecule has 2 aromatic carbocycles. The van der Waals surface area contributed by atoms with Gasteiger partial charge in [0.05, 0.1) is 6.26 Å². The number of hydrogen-bond acceptors (Lipinski definition) is 4. The van der Waals surface area contributed by atoms with Crippen LogP contribution in [-0.4, -0.2) is 26.1 Å². The van der Waals surface area contributed by atoms with Gasteiger partial charge in [0.2, 0.25) is 0 Å². The maximum Gasteiger partial charge on any atom is 0.260 e. The fraction of sp³-hybridized carbons (Fsp3) is 0.391. The van der Waals surface area contributed by atoms with E-state index in [1.54, 1.807) is 0 Å². The second kappa shape index (κ2) is 8.70. The number of fused-ring (bicyclic) bond motifs is 3. The van der Waals surface area contributed by atoms with Gasteiger partial charge in [0.25, 0.3) is 12.1 Å². The highest BCUT2D eigenvalue weighted by Crippen LogP contribution is 2.44. The molecule has 0 aromatic heterocycles. The minimum Gasteiger partial charge on any atom is -0.467 e. The zero-order chi connectivity index (χ0) is 19.3. The standard InChI is InChI=1S/C23H28O4/c1-5-24-22(25-6-2)23(26-7-3,27-8-4)21-15-11-14-19-18-13-10-9-12-17(18)16-20(19)21/h5,9-15,22H,1,6-8,16H2,2-4H3. The Morgan fingerprint density at radius 3 is 2.33 bits per heavy atom. The molecule has 144 valence electrons. The molecule has 0 bridgehead atoms. The lowest BCUT2D eigenvalue weighted by atomic mass is 9.94. The zero-order valence-electron chi connectivity index (χ0n) is 16.4. The van der Waals surface area contributed by atoms with Crippen LogP contribution in [0.2, 0.25) is 0 Å². The van der Waals surface area contributed by atoms with Crippen LogP contribution in [-0.2, 0) is 31.2 Å². The average Bonchev–Trinajstić information content (AvgIpc) is 3.06. The van der Waals surface area contributed by atoms with Crippen LogP contribution in [0.4, 0.5) is 0 Å². The molecule has 0 saturated heterocycles. The van der Waals surface area contributed by atoms with Crippen LogP contribution in [0.1, 0.15) is 37.5 Å². The summed E-state index contributed by atoms with van der Waals surface area (Å²) in [7, 11) is 0. The highest BCUT2D eigenvalue weighted by atomic mass is 16.8. The summed E-state index contributed by atoms with van der Waals surface area (Å²) in [6.07, 6.45) is 1.46. The fourth-order valence-corrected chi connectivity index (χ4v) is 3.85. The molecule has 1 aliphatic carbocycles. The number of ether oxygens (including phenoxy) is 4. The number of benzene rings is 2. The third-order valence-corrected chi connectivity index (χ3v) is 4.79. The third-order valence-electron chi connectivity index (χ3n) is 4.79. The van der Waals surface area contributed by atoms with Gasteiger partial charge in [0, 0.05) is 25.4 Å². The van der Waals surface area contributed by atoms with Crippen LogP contribution in [0.5, 0.6) is 0 Å². The molecule has 3 rings (SSSR count). The van der Waals surface area contributed by atoms with Crippen molar-refractivity contribution in [2.75, 3.05) is 19.8 Å². The van der Waals surface area contributed by atoms with Crippen molar-refractivity contribution in [1.29, 1.82) is 0 Å². The Labute approximate surface area is 161 Å². The maximum absolute atomic E-state index is 6.23. The van der Waals surface area contributed by atoms with E-state index in [1.807, 2.05) is 26.8 Å². The fourth-order valence-electron chi connectivity index (χ4n) is 3.85. The van der Waals surface area contributed by atoms with E-state index in [0.29, 0.717) is 19.8 Å². The normalized spacial score (nSPS) is 13.7. The SMILES string of the molecule is C=COC(OCC)C(OCC)(OCC)c1cccc2c1Cc1ccccc1-2. The van der Waals surface area contributed by atoms with Gasteiger partial charge in [-0.2, -0.15) is 0 Å². The first kappa shape index (κ1) is 19.6. The van der Waals surface area contributed by atoms with E-state index < -0.39 is 12.1 Å². The van der Waals surface area contributed by atoms with Crippen LogP contribution >= 0.6 is 0 Å². The van der Waals surface area contributed by atoms with Crippen molar-refractivity contribution in [2.24, 2.45) is 0 Å². The molecule has 0 radical (unpaired) electrons. The predicted octanol–water partition coefficient (Wildman–Crippen LogP) is 5.01. The summed E-state index contributed by atoms with van der Waals surface area (Å²) >= 11 is 0. The number of hydrogen-bond donors (Lipinski definition) is 0. The Kier molecular flexibility index (Phi) is 6.32. The molecule has 4 nitrogen and oxygen atoms in total. The largest absolute Gasteiger partial charge is 0.467 e. The Bertz CT molecular complexity index is 778. The van der Waals surface area contributed by atoms with E-state index in [9.17, 15) is 0 Å². The molecule has 0 heterocycles. The molecule has 0 N–H and O–H groups in total. The van der Waals surface area contributed by atoms with Crippen LogP contribution in [0.3, 0.4) is 0 Å². The van der Waals surface area contributed by atoms with E-state index in [0.717, 1.165) is 12.0 Å². The van der Waals surface area contributed by atoms with E-state index >= 15 is 0 Å². The molecule has 1 atom stereocenters. The quantitative estimate of drug-likeness (QED) is 0.372. The topological polar surface area (TPSA) is 36.9 Å². The average molecular weight is 368 g/mol. The minimum absolute atomic E-state index is 0.459. The van der Waals surface area contributed by atoms with E-state index in [-0.39, 0.29) is 0 Å². The Morgan fingerprint density at radius 1 is 0.963 bits per heavy atom. The summed E-state index contributed by atoms with van der Waals surface area (Å²) in [4.78, 5) is 0. The van der Waals surface area contributed by atoms with Gasteiger partial charge < -0.3 is 18.9 Å². The molecule has 0 fully saturated rings. The van der Waals surface area contributed by atoms with Crippen molar-refractivity contribution in [1.82, 2.24) is 0 Å². The molecule has 2 aromatic rings. The smallest absolute Gasteiger partial charge is 0.260 e. The Morgan fingerprint density at radius 2 is 1.67 bits per heavy atom. The van der Waals surface area contributed by atoms with E-state index in [1.165, 1.54) is 28.5 Å². The predicted molar refractivity (Wildman–Crippen MR) is 106 cm³/mol. The van der Waals surface area contributed by atoms with Crippen molar-refractivity contribution >= 4 is 0 Å². The molecule has 1 unspecified atom stereocenters. The van der Waals surface area contributed by atoms with Crippen LogP contribution < -0.4 is 0 Å². The summed E-state index contributed by atoms with van der Waals surface area (Å²) in [5, 5.41) is 0. The minimum atomic E-state index is -1.17. The molecule has 27 heavy (non-hydrogen) atoms. The lowest BCUT2D eigenvalue weighted by Crippen LogP contribution is -2.48. The molecular weight excluding hydrogens is 340 g/mol. The van der Waals surface area contributed by atoms with Crippen LogP contribution in [0, 0.1) is 0 Å². The van der Waals surface area contributed by atoms with Crippen molar-refractivity contribution in [3.63, 3.8) is 0 Å². The van der Waals surface area contributed by atoms with Crippen LogP contribution in [0.25, 0.3) is 11.1 Å².